The van der Waals surface area contributed by atoms with E-state index in [-0.39, 0.29) is 17.0 Å². The van der Waals surface area contributed by atoms with E-state index in [0.717, 1.165) is 28.8 Å². The number of aromatic amines is 2. The van der Waals surface area contributed by atoms with Gasteiger partial charge in [-0.05, 0) is 53.9 Å². The van der Waals surface area contributed by atoms with E-state index in [1.54, 1.807) is 24.3 Å². The van der Waals surface area contributed by atoms with Crippen molar-refractivity contribution in [2.45, 2.75) is 11.8 Å². The van der Waals surface area contributed by atoms with E-state index in [2.05, 4.69) is 14.9 Å². The number of halogens is 1. The molecule has 0 unspecified atom stereocenters. The lowest BCUT2D eigenvalue weighted by molar-refractivity contribution is 0.411. The normalized spacial score (nSPS) is 11.6. The minimum absolute atomic E-state index is 0.177. The summed E-state index contributed by atoms with van der Waals surface area (Å²) in [6, 6.07) is 13.9. The Balaban J connectivity index is 1.64. The number of methoxy groups -OCH3 is 1. The molecule has 154 valence electrons. The molecule has 0 aliphatic carbocycles. The molecule has 4 aromatic rings. The lowest BCUT2D eigenvalue weighted by Gasteiger charge is -2.11. The molecule has 0 fully saturated rings. The highest BCUT2D eigenvalue weighted by Gasteiger charge is 2.20. The van der Waals surface area contributed by atoms with Gasteiger partial charge in [0.15, 0.2) is 0 Å². The van der Waals surface area contributed by atoms with Crippen LogP contribution in [0, 0.1) is 12.7 Å². The third-order valence-corrected chi connectivity index (χ3v) is 6.17. The number of sulfonamides is 1. The number of H-pyrrole nitrogens is 2. The number of ether oxygens (including phenoxy) is 1. The monoisotopic (exact) mass is 427 g/mol. The average Bonchev–Trinajstić information content (AvgIpc) is 3.10. The molecular formula is C21H18FN3O4S. The number of hydrogen-bond acceptors (Lipinski definition) is 4. The zero-order valence-corrected chi connectivity index (χ0v) is 16.9. The molecule has 0 aliphatic rings. The van der Waals surface area contributed by atoms with Crippen molar-refractivity contribution in [1.29, 1.82) is 0 Å². The van der Waals surface area contributed by atoms with Crippen molar-refractivity contribution in [3.05, 3.63) is 76.3 Å². The highest BCUT2D eigenvalue weighted by Crippen LogP contribution is 2.28. The van der Waals surface area contributed by atoms with Crippen molar-refractivity contribution in [3.63, 3.8) is 0 Å². The van der Waals surface area contributed by atoms with Gasteiger partial charge in [-0.1, -0.05) is 18.2 Å². The van der Waals surface area contributed by atoms with Gasteiger partial charge in [0.25, 0.3) is 15.6 Å². The molecule has 1 heterocycles. The highest BCUT2D eigenvalue weighted by atomic mass is 32.2. The van der Waals surface area contributed by atoms with Crippen LogP contribution in [-0.2, 0) is 10.0 Å². The molecule has 7 nitrogen and oxygen atoms in total. The molecule has 0 radical (unpaired) electrons. The Kier molecular flexibility index (Phi) is 4.83. The third kappa shape index (κ3) is 3.55. The lowest BCUT2D eigenvalue weighted by atomic mass is 10.0. The van der Waals surface area contributed by atoms with Crippen molar-refractivity contribution in [2.24, 2.45) is 0 Å². The average molecular weight is 427 g/mol. The maximum atomic E-state index is 14.1. The largest absolute Gasteiger partial charge is 0.497 e. The zero-order valence-electron chi connectivity index (χ0n) is 16.1. The van der Waals surface area contributed by atoms with Gasteiger partial charge >= 0.3 is 0 Å². The van der Waals surface area contributed by atoms with Crippen molar-refractivity contribution >= 4 is 26.6 Å². The first-order chi connectivity index (χ1) is 14.3. The Morgan fingerprint density at radius 3 is 2.40 bits per heavy atom. The molecule has 0 amide bonds. The number of benzene rings is 3. The van der Waals surface area contributed by atoms with Crippen molar-refractivity contribution in [1.82, 2.24) is 10.2 Å². The number of aryl methyl sites for hydroxylation is 1. The van der Waals surface area contributed by atoms with Gasteiger partial charge < -0.3 is 4.74 Å². The summed E-state index contributed by atoms with van der Waals surface area (Å²) in [6.45, 7) is 1.85. The number of hydrogen-bond donors (Lipinski definition) is 3. The Morgan fingerprint density at radius 1 is 0.967 bits per heavy atom. The van der Waals surface area contributed by atoms with Gasteiger partial charge in [0, 0.05) is 11.8 Å². The third-order valence-electron chi connectivity index (χ3n) is 4.77. The maximum Gasteiger partial charge on any atom is 0.272 e. The zero-order chi connectivity index (χ0) is 21.5. The predicted molar refractivity (Wildman–Crippen MR) is 113 cm³/mol. The second-order valence-electron chi connectivity index (χ2n) is 6.77. The summed E-state index contributed by atoms with van der Waals surface area (Å²) < 4.78 is 46.6. The van der Waals surface area contributed by atoms with E-state index < -0.39 is 20.7 Å². The molecule has 0 atom stereocenters. The van der Waals surface area contributed by atoms with Crippen LogP contribution in [0.3, 0.4) is 0 Å². The van der Waals surface area contributed by atoms with Crippen LogP contribution in [-0.4, -0.2) is 25.7 Å². The molecule has 3 aromatic carbocycles. The van der Waals surface area contributed by atoms with Crippen LogP contribution in [0.25, 0.3) is 22.0 Å². The minimum atomic E-state index is -4.14. The highest BCUT2D eigenvalue weighted by molar-refractivity contribution is 7.92. The smallest absolute Gasteiger partial charge is 0.272 e. The van der Waals surface area contributed by atoms with Crippen molar-refractivity contribution in [2.75, 3.05) is 11.8 Å². The SMILES string of the molecule is COc1ccc(F)c(S(=O)(=O)Nc2ccc(-c3cc(C)c4c(=O)[nH][nH]c4c3)cc2)c1. The molecule has 4 rings (SSSR count). The van der Waals surface area contributed by atoms with E-state index >= 15 is 0 Å². The van der Waals surface area contributed by atoms with Gasteiger partial charge in [0.05, 0.1) is 18.0 Å². The van der Waals surface area contributed by atoms with E-state index in [0.29, 0.717) is 10.9 Å². The van der Waals surface area contributed by atoms with Gasteiger partial charge in [-0.15, -0.1) is 0 Å². The lowest BCUT2D eigenvalue weighted by Crippen LogP contribution is -2.14. The molecule has 30 heavy (non-hydrogen) atoms. The quantitative estimate of drug-likeness (QED) is 0.451. The summed E-state index contributed by atoms with van der Waals surface area (Å²) in [5.74, 6) is -0.634. The van der Waals surface area contributed by atoms with Crippen LogP contribution in [0.15, 0.2) is 64.3 Å². The molecular weight excluding hydrogens is 409 g/mol. The fourth-order valence-corrected chi connectivity index (χ4v) is 4.45. The van der Waals surface area contributed by atoms with E-state index in [1.807, 2.05) is 19.1 Å². The maximum absolute atomic E-state index is 14.1. The fraction of sp³-hybridized carbons (Fsp3) is 0.0952. The van der Waals surface area contributed by atoms with Gasteiger partial charge in [-0.3, -0.25) is 19.7 Å². The van der Waals surface area contributed by atoms with Crippen LogP contribution in [0.4, 0.5) is 10.1 Å². The summed E-state index contributed by atoms with van der Waals surface area (Å²) in [5.41, 5.74) is 3.31. The fourth-order valence-electron chi connectivity index (χ4n) is 3.30. The molecule has 1 aromatic heterocycles. The van der Waals surface area contributed by atoms with Crippen LogP contribution < -0.4 is 15.0 Å². The number of anilines is 1. The first kappa shape index (κ1) is 19.7. The van der Waals surface area contributed by atoms with Crippen molar-refractivity contribution < 1.29 is 17.5 Å². The summed E-state index contributed by atoms with van der Waals surface area (Å²) >= 11 is 0. The Morgan fingerprint density at radius 2 is 1.70 bits per heavy atom. The van der Waals surface area contributed by atoms with Crippen LogP contribution >= 0.6 is 0 Å². The van der Waals surface area contributed by atoms with Gasteiger partial charge in [0.2, 0.25) is 0 Å². The van der Waals surface area contributed by atoms with Gasteiger partial charge in [-0.25, -0.2) is 12.8 Å². The topological polar surface area (TPSA) is 104 Å². The second-order valence-corrected chi connectivity index (χ2v) is 8.42. The van der Waals surface area contributed by atoms with E-state index in [4.69, 9.17) is 4.74 Å². The Bertz CT molecular complexity index is 1410. The van der Waals surface area contributed by atoms with Crippen LogP contribution in [0.1, 0.15) is 5.56 Å². The number of fused-ring (bicyclic) bond motifs is 1. The molecule has 3 N–H and O–H groups in total. The first-order valence-corrected chi connectivity index (χ1v) is 10.4. The Labute approximate surface area is 171 Å². The molecule has 0 saturated carbocycles. The molecule has 0 bridgehead atoms. The standard InChI is InChI=1S/C21H18FN3O4S/c1-12-9-14(10-18-20(12)21(26)24-23-18)13-3-5-15(6-4-13)25-30(27,28)19-11-16(29-2)7-8-17(19)22/h3-11,25H,1-2H3,(H2,23,24,26). The summed E-state index contributed by atoms with van der Waals surface area (Å²) in [5, 5.41) is 6.00. The Hall–Kier alpha value is -3.59. The predicted octanol–water partition coefficient (Wildman–Crippen LogP) is 3.78. The number of rotatable bonds is 5. The molecule has 0 spiro atoms. The second kappa shape index (κ2) is 7.34. The first-order valence-electron chi connectivity index (χ1n) is 8.96. The van der Waals surface area contributed by atoms with Gasteiger partial charge in [-0.2, -0.15) is 0 Å². The number of nitrogens with one attached hydrogen (secondary N) is 3. The summed E-state index contributed by atoms with van der Waals surface area (Å²) in [7, 11) is -2.76. The molecule has 0 saturated heterocycles. The van der Waals surface area contributed by atoms with Gasteiger partial charge in [0.1, 0.15) is 16.5 Å². The number of aromatic nitrogens is 2. The summed E-state index contributed by atoms with van der Waals surface area (Å²) in [6.07, 6.45) is 0. The van der Waals surface area contributed by atoms with Crippen LogP contribution in [0.5, 0.6) is 5.75 Å². The van der Waals surface area contributed by atoms with E-state index in [1.165, 1.54) is 13.2 Å². The van der Waals surface area contributed by atoms with E-state index in [9.17, 15) is 17.6 Å². The van der Waals surface area contributed by atoms with Crippen molar-refractivity contribution in [3.8, 4) is 16.9 Å². The molecule has 9 heteroatoms. The summed E-state index contributed by atoms with van der Waals surface area (Å²) in [4.78, 5) is 11.3. The minimum Gasteiger partial charge on any atom is -0.497 e. The van der Waals surface area contributed by atoms with Crippen LogP contribution in [0.2, 0.25) is 0 Å². The molecule has 0 aliphatic heterocycles.